The Labute approximate surface area is 154 Å². The predicted molar refractivity (Wildman–Crippen MR) is 102 cm³/mol. The van der Waals surface area contributed by atoms with Crippen molar-refractivity contribution in [1.29, 1.82) is 0 Å². The van der Waals surface area contributed by atoms with Gasteiger partial charge >= 0.3 is 0 Å². The van der Waals surface area contributed by atoms with Crippen LogP contribution in [0.15, 0.2) is 58.1 Å². The SMILES string of the molecule is CCNC(=NCCNC(=O)c1ccco1)N1CCC(c2ccccc2)C1. The van der Waals surface area contributed by atoms with E-state index >= 15 is 0 Å². The van der Waals surface area contributed by atoms with E-state index < -0.39 is 0 Å². The molecule has 1 fully saturated rings. The number of nitrogens with zero attached hydrogens (tertiary/aromatic N) is 2. The minimum Gasteiger partial charge on any atom is -0.459 e. The van der Waals surface area contributed by atoms with Crippen molar-refractivity contribution in [2.24, 2.45) is 4.99 Å². The zero-order chi connectivity index (χ0) is 18.2. The van der Waals surface area contributed by atoms with E-state index in [9.17, 15) is 4.79 Å². The number of hydrogen-bond donors (Lipinski definition) is 2. The number of carbonyl (C=O) groups is 1. The monoisotopic (exact) mass is 354 g/mol. The van der Waals surface area contributed by atoms with Crippen LogP contribution in [0.25, 0.3) is 0 Å². The zero-order valence-corrected chi connectivity index (χ0v) is 15.1. The number of amides is 1. The maximum Gasteiger partial charge on any atom is 0.287 e. The summed E-state index contributed by atoms with van der Waals surface area (Å²) in [7, 11) is 0. The first kappa shape index (κ1) is 18.0. The number of guanidine groups is 1. The first-order valence-electron chi connectivity index (χ1n) is 9.18. The van der Waals surface area contributed by atoms with Crippen molar-refractivity contribution in [2.45, 2.75) is 19.3 Å². The largest absolute Gasteiger partial charge is 0.459 e. The molecule has 26 heavy (non-hydrogen) atoms. The predicted octanol–water partition coefficient (Wildman–Crippen LogP) is 2.46. The van der Waals surface area contributed by atoms with Crippen molar-refractivity contribution >= 4 is 11.9 Å². The number of aliphatic imine (C=N–C) groups is 1. The maximum atomic E-state index is 11.9. The molecule has 1 aromatic heterocycles. The van der Waals surface area contributed by atoms with Gasteiger partial charge in [0, 0.05) is 32.1 Å². The normalized spacial score (nSPS) is 17.3. The molecule has 0 saturated carbocycles. The van der Waals surface area contributed by atoms with Gasteiger partial charge in [0.25, 0.3) is 5.91 Å². The molecule has 2 heterocycles. The average molecular weight is 354 g/mol. The molecule has 6 heteroatoms. The Morgan fingerprint density at radius 3 is 2.81 bits per heavy atom. The Morgan fingerprint density at radius 2 is 2.08 bits per heavy atom. The number of nitrogens with one attached hydrogen (secondary N) is 2. The summed E-state index contributed by atoms with van der Waals surface area (Å²) < 4.78 is 5.08. The molecule has 1 aromatic carbocycles. The molecule has 1 amide bonds. The van der Waals surface area contributed by atoms with Crippen LogP contribution < -0.4 is 10.6 Å². The Bertz CT molecular complexity index is 713. The second-order valence-electron chi connectivity index (χ2n) is 6.31. The van der Waals surface area contributed by atoms with Crippen molar-refractivity contribution in [2.75, 3.05) is 32.7 Å². The summed E-state index contributed by atoms with van der Waals surface area (Å²) in [5, 5.41) is 6.18. The number of benzene rings is 1. The van der Waals surface area contributed by atoms with Gasteiger partial charge in [-0.2, -0.15) is 0 Å². The maximum absolute atomic E-state index is 11.9. The smallest absolute Gasteiger partial charge is 0.287 e. The molecule has 1 unspecified atom stereocenters. The fraction of sp³-hybridized carbons (Fsp3) is 0.400. The van der Waals surface area contributed by atoms with E-state index in [1.54, 1.807) is 12.1 Å². The first-order valence-corrected chi connectivity index (χ1v) is 9.18. The van der Waals surface area contributed by atoms with Crippen LogP contribution in [0, 0.1) is 0 Å². The minimum atomic E-state index is -0.208. The van der Waals surface area contributed by atoms with Gasteiger partial charge in [0.2, 0.25) is 0 Å². The third-order valence-corrected chi connectivity index (χ3v) is 4.50. The molecule has 1 saturated heterocycles. The summed E-state index contributed by atoms with van der Waals surface area (Å²) in [5.74, 6) is 1.57. The summed E-state index contributed by atoms with van der Waals surface area (Å²) >= 11 is 0. The van der Waals surface area contributed by atoms with Crippen molar-refractivity contribution in [3.8, 4) is 0 Å². The van der Waals surface area contributed by atoms with Gasteiger partial charge in [-0.05, 0) is 31.0 Å². The summed E-state index contributed by atoms with van der Waals surface area (Å²) in [5.41, 5.74) is 1.39. The molecule has 0 aliphatic carbocycles. The van der Waals surface area contributed by atoms with E-state index in [-0.39, 0.29) is 5.91 Å². The standard InChI is InChI=1S/C20H26N4O2/c1-2-21-20(23-12-11-22-19(25)18-9-6-14-26-18)24-13-10-17(15-24)16-7-4-3-5-8-16/h3-9,14,17H,2,10-13,15H2,1H3,(H,21,23)(H,22,25). The zero-order valence-electron chi connectivity index (χ0n) is 15.1. The van der Waals surface area contributed by atoms with E-state index in [2.05, 4.69) is 57.8 Å². The molecule has 1 aliphatic rings. The molecule has 1 aliphatic heterocycles. The Balaban J connectivity index is 1.52. The van der Waals surface area contributed by atoms with Gasteiger partial charge in [-0.1, -0.05) is 30.3 Å². The third-order valence-electron chi connectivity index (χ3n) is 4.50. The average Bonchev–Trinajstić information content (AvgIpc) is 3.37. The van der Waals surface area contributed by atoms with E-state index in [4.69, 9.17) is 4.42 Å². The van der Waals surface area contributed by atoms with Gasteiger partial charge in [0.15, 0.2) is 11.7 Å². The number of rotatable bonds is 6. The topological polar surface area (TPSA) is 69.9 Å². The quantitative estimate of drug-likeness (QED) is 0.475. The van der Waals surface area contributed by atoms with Gasteiger partial charge in [0.05, 0.1) is 12.8 Å². The van der Waals surface area contributed by atoms with Crippen LogP contribution in [0.1, 0.15) is 35.4 Å². The highest BCUT2D eigenvalue weighted by molar-refractivity contribution is 5.91. The summed E-state index contributed by atoms with van der Waals surface area (Å²) in [6.07, 6.45) is 2.62. The van der Waals surface area contributed by atoms with E-state index in [1.807, 2.05) is 0 Å². The molecule has 2 aromatic rings. The van der Waals surface area contributed by atoms with Crippen LogP contribution in [0.4, 0.5) is 0 Å². The van der Waals surface area contributed by atoms with Gasteiger partial charge in [0.1, 0.15) is 0 Å². The van der Waals surface area contributed by atoms with Gasteiger partial charge in [-0.15, -0.1) is 0 Å². The highest BCUT2D eigenvalue weighted by atomic mass is 16.3. The molecule has 0 bridgehead atoms. The van der Waals surface area contributed by atoms with Crippen molar-refractivity contribution < 1.29 is 9.21 Å². The van der Waals surface area contributed by atoms with E-state index in [0.717, 1.165) is 32.0 Å². The summed E-state index contributed by atoms with van der Waals surface area (Å²) in [6, 6.07) is 14.0. The lowest BCUT2D eigenvalue weighted by molar-refractivity contribution is 0.0927. The van der Waals surface area contributed by atoms with Crippen molar-refractivity contribution in [1.82, 2.24) is 15.5 Å². The Hall–Kier alpha value is -2.76. The second kappa shape index (κ2) is 9.08. The van der Waals surface area contributed by atoms with Crippen molar-refractivity contribution in [3.63, 3.8) is 0 Å². The molecule has 2 N–H and O–H groups in total. The number of hydrogen-bond acceptors (Lipinski definition) is 3. The molecule has 1 atom stereocenters. The summed E-state index contributed by atoms with van der Waals surface area (Å²) in [6.45, 7) is 5.85. The number of furan rings is 1. The second-order valence-corrected chi connectivity index (χ2v) is 6.31. The lowest BCUT2D eigenvalue weighted by Crippen LogP contribution is -2.40. The van der Waals surface area contributed by atoms with E-state index in [0.29, 0.717) is 24.8 Å². The minimum absolute atomic E-state index is 0.208. The van der Waals surface area contributed by atoms with E-state index in [1.165, 1.54) is 11.8 Å². The lowest BCUT2D eigenvalue weighted by Gasteiger charge is -2.21. The van der Waals surface area contributed by atoms with Crippen LogP contribution in [0.2, 0.25) is 0 Å². The molecular weight excluding hydrogens is 328 g/mol. The van der Waals surface area contributed by atoms with Crippen LogP contribution in [0.5, 0.6) is 0 Å². The molecule has 0 radical (unpaired) electrons. The Morgan fingerprint density at radius 1 is 1.23 bits per heavy atom. The van der Waals surface area contributed by atoms with Crippen LogP contribution in [0.3, 0.4) is 0 Å². The number of likely N-dealkylation sites (tertiary alicyclic amines) is 1. The third kappa shape index (κ3) is 4.65. The number of carbonyl (C=O) groups excluding carboxylic acids is 1. The fourth-order valence-corrected chi connectivity index (χ4v) is 3.20. The Kier molecular flexibility index (Phi) is 6.30. The molecular formula is C20H26N4O2. The molecule has 6 nitrogen and oxygen atoms in total. The highest BCUT2D eigenvalue weighted by Gasteiger charge is 2.25. The molecule has 3 rings (SSSR count). The van der Waals surface area contributed by atoms with Crippen molar-refractivity contribution in [3.05, 3.63) is 60.1 Å². The van der Waals surface area contributed by atoms with Gasteiger partial charge in [-0.3, -0.25) is 9.79 Å². The van der Waals surface area contributed by atoms with Crippen LogP contribution in [-0.4, -0.2) is 49.5 Å². The van der Waals surface area contributed by atoms with Crippen LogP contribution >= 0.6 is 0 Å². The van der Waals surface area contributed by atoms with Crippen LogP contribution in [-0.2, 0) is 0 Å². The molecule has 138 valence electrons. The lowest BCUT2D eigenvalue weighted by atomic mass is 9.99. The molecule has 0 spiro atoms. The highest BCUT2D eigenvalue weighted by Crippen LogP contribution is 2.26. The fourth-order valence-electron chi connectivity index (χ4n) is 3.20. The first-order chi connectivity index (χ1) is 12.8. The summed E-state index contributed by atoms with van der Waals surface area (Å²) in [4.78, 5) is 18.8. The van der Waals surface area contributed by atoms with Gasteiger partial charge in [-0.25, -0.2) is 0 Å². The van der Waals surface area contributed by atoms with Gasteiger partial charge < -0.3 is 20.0 Å².